The van der Waals surface area contributed by atoms with Crippen LogP contribution in [0.5, 0.6) is 0 Å². The molecule has 1 aromatic rings. The molecular formula is C13H24IN5O2. The number of nitrogens with one attached hydrogen (secondary N) is 2. The zero-order valence-electron chi connectivity index (χ0n) is 12.6. The third-order valence-electron chi connectivity index (χ3n) is 3.01. The lowest BCUT2D eigenvalue weighted by molar-refractivity contribution is 0.123. The monoisotopic (exact) mass is 409 g/mol. The number of guanidine groups is 1. The van der Waals surface area contributed by atoms with Gasteiger partial charge in [0.15, 0.2) is 11.8 Å². The molecule has 0 aromatic carbocycles. The largest absolute Gasteiger partial charge is 0.381 e. The van der Waals surface area contributed by atoms with Gasteiger partial charge < -0.3 is 19.9 Å². The molecule has 0 unspecified atom stereocenters. The number of aromatic nitrogens is 2. The molecule has 1 saturated carbocycles. The summed E-state index contributed by atoms with van der Waals surface area (Å²) in [6, 6.07) is 0. The maximum Gasteiger partial charge on any atom is 0.246 e. The van der Waals surface area contributed by atoms with Gasteiger partial charge in [-0.15, -0.1) is 24.0 Å². The molecule has 0 spiro atoms. The highest BCUT2D eigenvalue weighted by molar-refractivity contribution is 14.0. The van der Waals surface area contributed by atoms with E-state index in [1.807, 2.05) is 0 Å². The number of hydrogen-bond donors (Lipinski definition) is 2. The molecule has 0 saturated heterocycles. The van der Waals surface area contributed by atoms with E-state index in [1.54, 1.807) is 14.0 Å². The Morgan fingerprint density at radius 3 is 2.86 bits per heavy atom. The molecule has 2 rings (SSSR count). The average molecular weight is 409 g/mol. The van der Waals surface area contributed by atoms with Crippen molar-refractivity contribution in [3.63, 3.8) is 0 Å². The van der Waals surface area contributed by atoms with Gasteiger partial charge in [0, 0.05) is 26.8 Å². The van der Waals surface area contributed by atoms with Crippen molar-refractivity contribution in [1.29, 1.82) is 0 Å². The van der Waals surface area contributed by atoms with E-state index in [0.717, 1.165) is 38.1 Å². The van der Waals surface area contributed by atoms with Crippen LogP contribution in [0.25, 0.3) is 0 Å². The Morgan fingerprint density at radius 2 is 2.24 bits per heavy atom. The molecule has 21 heavy (non-hydrogen) atoms. The molecular weight excluding hydrogens is 385 g/mol. The first-order valence-electron chi connectivity index (χ1n) is 7.09. The summed E-state index contributed by atoms with van der Waals surface area (Å²) < 4.78 is 10.6. The second-order valence-electron chi connectivity index (χ2n) is 4.96. The predicted octanol–water partition coefficient (Wildman–Crippen LogP) is 1.48. The Kier molecular flexibility index (Phi) is 8.58. The molecule has 0 atom stereocenters. The van der Waals surface area contributed by atoms with Crippen molar-refractivity contribution in [3.8, 4) is 0 Å². The molecule has 1 fully saturated rings. The van der Waals surface area contributed by atoms with Gasteiger partial charge in [0.2, 0.25) is 5.89 Å². The van der Waals surface area contributed by atoms with Crippen molar-refractivity contribution in [2.45, 2.75) is 32.7 Å². The van der Waals surface area contributed by atoms with E-state index in [9.17, 15) is 0 Å². The number of nitrogens with zero attached hydrogens (tertiary/aromatic N) is 3. The van der Waals surface area contributed by atoms with E-state index in [-0.39, 0.29) is 24.0 Å². The maximum absolute atomic E-state index is 5.57. The molecule has 120 valence electrons. The first-order chi connectivity index (χ1) is 9.78. The van der Waals surface area contributed by atoms with Crippen LogP contribution in [0.4, 0.5) is 0 Å². The number of halogens is 1. The van der Waals surface area contributed by atoms with Gasteiger partial charge >= 0.3 is 0 Å². The lowest BCUT2D eigenvalue weighted by Gasteiger charge is -2.10. The molecule has 0 amide bonds. The van der Waals surface area contributed by atoms with E-state index in [0.29, 0.717) is 18.3 Å². The summed E-state index contributed by atoms with van der Waals surface area (Å²) in [5.41, 5.74) is 0. The topological polar surface area (TPSA) is 84.6 Å². The van der Waals surface area contributed by atoms with Crippen LogP contribution < -0.4 is 10.6 Å². The third kappa shape index (κ3) is 7.60. The van der Waals surface area contributed by atoms with Gasteiger partial charge in [-0.25, -0.2) is 0 Å². The fraction of sp³-hybridized carbons (Fsp3) is 0.769. The van der Waals surface area contributed by atoms with Gasteiger partial charge in [-0.3, -0.25) is 4.99 Å². The molecule has 0 bridgehead atoms. The van der Waals surface area contributed by atoms with Crippen molar-refractivity contribution in [2.24, 2.45) is 10.9 Å². The normalized spacial score (nSPS) is 14.7. The van der Waals surface area contributed by atoms with E-state index in [2.05, 4.69) is 25.8 Å². The Morgan fingerprint density at radius 1 is 1.43 bits per heavy atom. The van der Waals surface area contributed by atoms with Crippen molar-refractivity contribution in [2.75, 3.05) is 26.8 Å². The highest BCUT2D eigenvalue weighted by Crippen LogP contribution is 2.28. The van der Waals surface area contributed by atoms with Crippen molar-refractivity contribution in [1.82, 2.24) is 20.8 Å². The highest BCUT2D eigenvalue weighted by Gasteiger charge is 2.20. The minimum absolute atomic E-state index is 0. The summed E-state index contributed by atoms with van der Waals surface area (Å²) in [6.07, 6.45) is 3.64. The number of aliphatic imine (C=N–C) groups is 1. The summed E-state index contributed by atoms with van der Waals surface area (Å²) in [4.78, 5) is 8.25. The van der Waals surface area contributed by atoms with Gasteiger partial charge in [0.1, 0.15) is 0 Å². The molecule has 0 aliphatic heterocycles. The summed E-state index contributed by atoms with van der Waals surface area (Å²) >= 11 is 0. The van der Waals surface area contributed by atoms with Crippen LogP contribution in [-0.2, 0) is 11.3 Å². The predicted molar refractivity (Wildman–Crippen MR) is 90.8 cm³/mol. The standard InChI is InChI=1S/C13H23N5O2.HI/c1-10-17-12(20-18-10)8-16-13(14-2)15-6-3-7-19-9-11-4-5-11;/h11H,3-9H2,1-2H3,(H2,14,15,16);1H. The van der Waals surface area contributed by atoms with Gasteiger partial charge in [-0.2, -0.15) is 4.98 Å². The number of rotatable bonds is 8. The minimum atomic E-state index is 0. The average Bonchev–Trinajstić information content (AvgIpc) is 3.18. The van der Waals surface area contributed by atoms with Crippen molar-refractivity contribution in [3.05, 3.63) is 11.7 Å². The van der Waals surface area contributed by atoms with Crippen LogP contribution in [0.1, 0.15) is 31.0 Å². The van der Waals surface area contributed by atoms with Crippen molar-refractivity contribution >= 4 is 29.9 Å². The number of ether oxygens (including phenoxy) is 1. The van der Waals surface area contributed by atoms with E-state index in [1.165, 1.54) is 12.8 Å². The lowest BCUT2D eigenvalue weighted by atomic mass is 10.4. The quantitative estimate of drug-likeness (QED) is 0.293. The van der Waals surface area contributed by atoms with Crippen LogP contribution in [0.3, 0.4) is 0 Å². The summed E-state index contributed by atoms with van der Waals surface area (Å²) in [7, 11) is 1.73. The second-order valence-corrected chi connectivity index (χ2v) is 4.96. The lowest BCUT2D eigenvalue weighted by Crippen LogP contribution is -2.37. The zero-order valence-corrected chi connectivity index (χ0v) is 14.9. The van der Waals surface area contributed by atoms with Crippen LogP contribution in [0, 0.1) is 12.8 Å². The molecule has 1 aliphatic rings. The SMILES string of the molecule is CN=C(NCCCOCC1CC1)NCc1nc(C)no1.I. The Hall–Kier alpha value is -0.900. The van der Waals surface area contributed by atoms with E-state index in [4.69, 9.17) is 9.26 Å². The van der Waals surface area contributed by atoms with Crippen LogP contribution in [-0.4, -0.2) is 42.9 Å². The molecule has 7 nitrogen and oxygen atoms in total. The first-order valence-corrected chi connectivity index (χ1v) is 7.09. The molecule has 0 radical (unpaired) electrons. The maximum atomic E-state index is 5.57. The Bertz CT molecular complexity index is 434. The molecule has 1 aliphatic carbocycles. The molecule has 1 aromatic heterocycles. The van der Waals surface area contributed by atoms with Gasteiger partial charge in [-0.1, -0.05) is 5.16 Å². The van der Waals surface area contributed by atoms with E-state index >= 15 is 0 Å². The van der Waals surface area contributed by atoms with Crippen LogP contribution in [0.2, 0.25) is 0 Å². The van der Waals surface area contributed by atoms with E-state index < -0.39 is 0 Å². The first kappa shape index (κ1) is 18.1. The van der Waals surface area contributed by atoms with Crippen LogP contribution >= 0.6 is 24.0 Å². The van der Waals surface area contributed by atoms with Gasteiger partial charge in [-0.05, 0) is 32.1 Å². The Labute approximate surface area is 142 Å². The van der Waals surface area contributed by atoms with Crippen molar-refractivity contribution < 1.29 is 9.26 Å². The zero-order chi connectivity index (χ0) is 14.2. The highest BCUT2D eigenvalue weighted by atomic mass is 127. The molecule has 2 N–H and O–H groups in total. The third-order valence-corrected chi connectivity index (χ3v) is 3.01. The summed E-state index contributed by atoms with van der Waals surface area (Å²) in [5, 5.41) is 10.1. The fourth-order valence-electron chi connectivity index (χ4n) is 1.71. The summed E-state index contributed by atoms with van der Waals surface area (Å²) in [6.45, 7) is 4.81. The molecule has 8 heteroatoms. The van der Waals surface area contributed by atoms with Gasteiger partial charge in [0.25, 0.3) is 0 Å². The smallest absolute Gasteiger partial charge is 0.246 e. The minimum Gasteiger partial charge on any atom is -0.381 e. The van der Waals surface area contributed by atoms with Gasteiger partial charge in [0.05, 0.1) is 6.54 Å². The summed E-state index contributed by atoms with van der Waals surface area (Å²) in [5.74, 6) is 2.74. The Balaban J connectivity index is 0.00000220. The number of aryl methyl sites for hydroxylation is 1. The molecule has 1 heterocycles. The number of hydrogen-bond acceptors (Lipinski definition) is 5. The van der Waals surface area contributed by atoms with Crippen LogP contribution in [0.15, 0.2) is 9.52 Å². The fourth-order valence-corrected chi connectivity index (χ4v) is 1.71. The second kappa shape index (κ2) is 9.93.